The van der Waals surface area contributed by atoms with Crippen LogP contribution >= 0.6 is 0 Å². The summed E-state index contributed by atoms with van der Waals surface area (Å²) in [4.78, 5) is 13.8. The van der Waals surface area contributed by atoms with Crippen LogP contribution in [0.25, 0.3) is 12.2 Å². The molecule has 0 spiro atoms. The van der Waals surface area contributed by atoms with Crippen LogP contribution in [0.5, 0.6) is 23.0 Å². The maximum atomic E-state index is 13.8. The molecule has 1 aliphatic carbocycles. The van der Waals surface area contributed by atoms with Crippen molar-refractivity contribution >= 4 is 17.9 Å². The Hall–Kier alpha value is -3.53. The van der Waals surface area contributed by atoms with Gasteiger partial charge in [0.25, 0.3) is 0 Å². The predicted molar refractivity (Wildman–Crippen MR) is 196 cm³/mol. The first-order chi connectivity index (χ1) is 26.3. The molecule has 0 amide bonds. The summed E-state index contributed by atoms with van der Waals surface area (Å²) < 4.78 is 68.8. The molecule has 2 aromatic rings. The predicted octanol–water partition coefficient (Wildman–Crippen LogP) is 4.58. The second kappa shape index (κ2) is 24.7. The fourth-order valence-electron chi connectivity index (χ4n) is 5.64. The van der Waals surface area contributed by atoms with Gasteiger partial charge in [-0.3, -0.25) is 4.79 Å². The van der Waals surface area contributed by atoms with E-state index in [4.69, 9.17) is 56.8 Å². The molecule has 0 N–H and O–H groups in total. The number of carbonyl (C=O) groups excluding carboxylic acids is 1. The van der Waals surface area contributed by atoms with Gasteiger partial charge in [-0.1, -0.05) is 12.1 Å². The van der Waals surface area contributed by atoms with Gasteiger partial charge in [0.15, 0.2) is 28.8 Å². The van der Waals surface area contributed by atoms with Gasteiger partial charge < -0.3 is 56.8 Å². The molecule has 3 aliphatic rings. The Morgan fingerprint density at radius 1 is 0.358 bits per heavy atom. The van der Waals surface area contributed by atoms with Gasteiger partial charge in [-0.05, 0) is 66.8 Å². The van der Waals surface area contributed by atoms with Gasteiger partial charge in [-0.2, -0.15) is 0 Å². The van der Waals surface area contributed by atoms with Crippen LogP contribution in [0.2, 0.25) is 0 Å². The van der Waals surface area contributed by atoms with Gasteiger partial charge in [0.1, 0.15) is 26.4 Å². The molecule has 2 heterocycles. The number of ketones is 1. The molecule has 0 radical (unpaired) electrons. The van der Waals surface area contributed by atoms with Crippen LogP contribution in [0.1, 0.15) is 30.4 Å². The van der Waals surface area contributed by atoms with Gasteiger partial charge in [0.05, 0.1) is 106 Å². The molecule has 1 saturated carbocycles. The van der Waals surface area contributed by atoms with Crippen molar-refractivity contribution in [2.45, 2.75) is 19.3 Å². The highest BCUT2D eigenvalue weighted by molar-refractivity contribution is 6.14. The maximum absolute atomic E-state index is 13.8. The Morgan fingerprint density at radius 2 is 0.642 bits per heavy atom. The summed E-state index contributed by atoms with van der Waals surface area (Å²) in [6.45, 7) is 8.86. The molecule has 13 heteroatoms. The monoisotopic (exact) mass is 742 g/mol. The highest BCUT2D eigenvalue weighted by Crippen LogP contribution is 2.34. The Labute approximate surface area is 312 Å². The van der Waals surface area contributed by atoms with Crippen molar-refractivity contribution in [3.8, 4) is 23.0 Å². The van der Waals surface area contributed by atoms with E-state index in [0.29, 0.717) is 168 Å². The molecule has 1 fully saturated rings. The number of carbonyl (C=O) groups is 1. The van der Waals surface area contributed by atoms with E-state index >= 15 is 0 Å². The Bertz CT molecular complexity index is 1320. The summed E-state index contributed by atoms with van der Waals surface area (Å²) in [5.74, 6) is 2.37. The lowest BCUT2D eigenvalue weighted by molar-refractivity contribution is -0.112. The minimum atomic E-state index is 0.0247. The molecule has 0 saturated heterocycles. The number of benzene rings is 2. The van der Waals surface area contributed by atoms with E-state index in [1.54, 1.807) is 0 Å². The number of Topliss-reactive ketones (excluding diaryl/α,β-unsaturated/α-hetero) is 1. The first-order valence-corrected chi connectivity index (χ1v) is 18.6. The fraction of sp³-hybridized carbons (Fsp3) is 0.575. The SMILES string of the molecule is O=C1/C(=C/c2ccc3c(c2)OCCOCCOCCOCCOCCO3)CCC/C1=C\c1ccc2c(c1)OCCOCCOCCOCCOCCO2. The van der Waals surface area contributed by atoms with Crippen molar-refractivity contribution < 1.29 is 61.6 Å². The van der Waals surface area contributed by atoms with Crippen molar-refractivity contribution in [3.63, 3.8) is 0 Å². The quantitative estimate of drug-likeness (QED) is 0.399. The fourth-order valence-corrected chi connectivity index (χ4v) is 5.64. The van der Waals surface area contributed by atoms with Crippen LogP contribution in [0.3, 0.4) is 0 Å². The molecular formula is C40H54O13. The Kier molecular flexibility index (Phi) is 19.0. The molecule has 292 valence electrons. The van der Waals surface area contributed by atoms with Crippen molar-refractivity contribution in [1.29, 1.82) is 0 Å². The molecular weight excluding hydrogens is 688 g/mol. The average molecular weight is 743 g/mol. The number of ether oxygens (including phenoxy) is 12. The maximum Gasteiger partial charge on any atom is 0.185 e. The second-order valence-corrected chi connectivity index (χ2v) is 12.2. The van der Waals surface area contributed by atoms with Gasteiger partial charge >= 0.3 is 0 Å². The molecule has 5 rings (SSSR count). The highest BCUT2D eigenvalue weighted by atomic mass is 16.6. The second-order valence-electron chi connectivity index (χ2n) is 12.2. The smallest absolute Gasteiger partial charge is 0.185 e. The van der Waals surface area contributed by atoms with E-state index < -0.39 is 0 Å². The molecule has 0 atom stereocenters. The Morgan fingerprint density at radius 3 is 0.962 bits per heavy atom. The van der Waals surface area contributed by atoms with E-state index in [1.807, 2.05) is 48.6 Å². The van der Waals surface area contributed by atoms with Gasteiger partial charge in [0, 0.05) is 11.1 Å². The highest BCUT2D eigenvalue weighted by Gasteiger charge is 2.21. The van der Waals surface area contributed by atoms with Crippen molar-refractivity contribution in [3.05, 3.63) is 58.7 Å². The summed E-state index contributed by atoms with van der Waals surface area (Å²) in [7, 11) is 0. The third-order valence-corrected chi connectivity index (χ3v) is 8.27. The van der Waals surface area contributed by atoms with E-state index in [0.717, 1.165) is 28.7 Å². The molecule has 0 unspecified atom stereocenters. The van der Waals surface area contributed by atoms with Crippen LogP contribution < -0.4 is 18.9 Å². The zero-order valence-corrected chi connectivity index (χ0v) is 30.7. The molecule has 13 nitrogen and oxygen atoms in total. The van der Waals surface area contributed by atoms with Gasteiger partial charge in [-0.25, -0.2) is 0 Å². The number of hydrogen-bond acceptors (Lipinski definition) is 13. The number of allylic oxidation sites excluding steroid dienone is 2. The topological polar surface area (TPSA) is 128 Å². The molecule has 0 aromatic heterocycles. The number of fused-ring (bicyclic) bond motifs is 2. The minimum Gasteiger partial charge on any atom is -0.487 e. The molecule has 0 bridgehead atoms. The first kappa shape index (κ1) is 40.7. The molecule has 53 heavy (non-hydrogen) atoms. The zero-order chi connectivity index (χ0) is 36.6. The van der Waals surface area contributed by atoms with Crippen LogP contribution in [-0.2, 0) is 42.7 Å². The van der Waals surface area contributed by atoms with Crippen LogP contribution in [0.15, 0.2) is 47.5 Å². The summed E-state index contributed by atoms with van der Waals surface area (Å²) in [6, 6.07) is 11.4. The summed E-state index contributed by atoms with van der Waals surface area (Å²) in [6.07, 6.45) is 6.10. The van der Waals surface area contributed by atoms with Crippen molar-refractivity contribution in [2.24, 2.45) is 0 Å². The third kappa shape index (κ3) is 15.4. The van der Waals surface area contributed by atoms with E-state index in [2.05, 4.69) is 0 Å². The van der Waals surface area contributed by atoms with Gasteiger partial charge in [-0.15, -0.1) is 0 Å². The van der Waals surface area contributed by atoms with Gasteiger partial charge in [0.2, 0.25) is 0 Å². The van der Waals surface area contributed by atoms with Crippen LogP contribution in [0, 0.1) is 0 Å². The lowest BCUT2D eigenvalue weighted by atomic mass is 9.87. The van der Waals surface area contributed by atoms with Crippen molar-refractivity contribution in [1.82, 2.24) is 0 Å². The number of rotatable bonds is 2. The lowest BCUT2D eigenvalue weighted by Gasteiger charge is -2.18. The minimum absolute atomic E-state index is 0.0247. The Balaban J connectivity index is 1.25. The van der Waals surface area contributed by atoms with Crippen molar-refractivity contribution in [2.75, 3.05) is 132 Å². The molecule has 2 aliphatic heterocycles. The number of hydrogen-bond donors (Lipinski definition) is 0. The third-order valence-electron chi connectivity index (χ3n) is 8.27. The summed E-state index contributed by atoms with van der Waals surface area (Å²) >= 11 is 0. The summed E-state index contributed by atoms with van der Waals surface area (Å²) in [5.41, 5.74) is 3.18. The van der Waals surface area contributed by atoms with E-state index in [1.165, 1.54) is 0 Å². The first-order valence-electron chi connectivity index (χ1n) is 18.6. The summed E-state index contributed by atoms with van der Waals surface area (Å²) in [5, 5.41) is 0. The standard InChI is InChI=1S/C40H54O13/c41-40-34(28-32-4-6-36-38(30-32)52-26-22-48-18-14-44-10-8-42-12-16-46-20-24-50-36)2-1-3-35(40)29-33-5-7-37-39(31-33)53-27-23-49-19-15-45-11-9-43-13-17-47-21-25-51-37/h4-7,28-31H,1-3,8-27H2/b34-28+,35-29+. The van der Waals surface area contributed by atoms with E-state index in [9.17, 15) is 4.79 Å². The van der Waals surface area contributed by atoms with Crippen LogP contribution in [-0.4, -0.2) is 138 Å². The van der Waals surface area contributed by atoms with Crippen LogP contribution in [0.4, 0.5) is 0 Å². The zero-order valence-electron chi connectivity index (χ0n) is 30.7. The lowest BCUT2D eigenvalue weighted by Crippen LogP contribution is -2.16. The normalized spacial score (nSPS) is 22.2. The largest absolute Gasteiger partial charge is 0.487 e. The van der Waals surface area contributed by atoms with E-state index in [-0.39, 0.29) is 5.78 Å². The average Bonchev–Trinajstić information content (AvgIpc) is 3.16. The molecule has 2 aromatic carbocycles.